The van der Waals surface area contributed by atoms with Gasteiger partial charge in [-0.2, -0.15) is 4.98 Å². The Bertz CT molecular complexity index is 920. The Balaban J connectivity index is 1.96. The maximum absolute atomic E-state index is 13.1. The van der Waals surface area contributed by atoms with E-state index in [0.29, 0.717) is 43.1 Å². The Morgan fingerprint density at radius 3 is 2.51 bits per heavy atom. The SMILES string of the molecule is C=CCCCCCCNc1ncc(C(=O)NCc2ccc(F)cc2)c(NCCCC(O)CC=C)n1. The number of allylic oxidation sites excluding steroid dienone is 1. The number of nitrogens with zero attached hydrogens (tertiary/aromatic N) is 2. The van der Waals surface area contributed by atoms with E-state index in [1.807, 2.05) is 6.08 Å². The second-order valence-corrected chi connectivity index (χ2v) is 8.43. The molecule has 1 heterocycles. The standard InChI is InChI=1S/C27H38FN5O2/c1-3-5-6-7-8-9-17-30-27-32-20-24(25(33-27)29-18-10-12-23(34)11-4-2)26(35)31-19-21-13-15-22(28)16-14-21/h3-4,13-16,20,23,34H,1-2,5-12,17-19H2,(H,31,35)(H2,29,30,32,33). The van der Waals surface area contributed by atoms with Crippen LogP contribution in [0.25, 0.3) is 0 Å². The molecule has 2 rings (SSSR count). The van der Waals surface area contributed by atoms with Gasteiger partial charge in [0, 0.05) is 25.8 Å². The summed E-state index contributed by atoms with van der Waals surface area (Å²) in [6.07, 6.45) is 12.1. The topological polar surface area (TPSA) is 99.2 Å². The fourth-order valence-electron chi connectivity index (χ4n) is 3.47. The third-order valence-electron chi connectivity index (χ3n) is 5.46. The molecule has 7 nitrogen and oxygen atoms in total. The largest absolute Gasteiger partial charge is 0.393 e. The number of aliphatic hydroxyl groups is 1. The molecule has 1 aromatic heterocycles. The van der Waals surface area contributed by atoms with Crippen molar-refractivity contribution >= 4 is 17.7 Å². The molecule has 8 heteroatoms. The number of nitrogens with one attached hydrogen (secondary N) is 3. The van der Waals surface area contributed by atoms with Crippen molar-refractivity contribution in [3.8, 4) is 0 Å². The molecule has 0 fully saturated rings. The van der Waals surface area contributed by atoms with E-state index in [0.717, 1.165) is 44.2 Å². The molecule has 0 saturated carbocycles. The van der Waals surface area contributed by atoms with E-state index in [1.165, 1.54) is 18.3 Å². The summed E-state index contributed by atoms with van der Waals surface area (Å²) in [6.45, 7) is 8.94. The van der Waals surface area contributed by atoms with Crippen molar-refractivity contribution in [1.29, 1.82) is 0 Å². The van der Waals surface area contributed by atoms with Crippen LogP contribution in [0.3, 0.4) is 0 Å². The Kier molecular flexibility index (Phi) is 13.1. The highest BCUT2D eigenvalue weighted by atomic mass is 19.1. The van der Waals surface area contributed by atoms with Gasteiger partial charge in [-0.15, -0.1) is 13.2 Å². The Morgan fingerprint density at radius 1 is 1.03 bits per heavy atom. The van der Waals surface area contributed by atoms with Crippen LogP contribution in [-0.2, 0) is 6.54 Å². The van der Waals surface area contributed by atoms with E-state index in [4.69, 9.17) is 0 Å². The zero-order chi connectivity index (χ0) is 25.3. The molecule has 0 aliphatic carbocycles. The van der Waals surface area contributed by atoms with Crippen LogP contribution in [0.1, 0.15) is 67.3 Å². The molecule has 0 radical (unpaired) electrons. The summed E-state index contributed by atoms with van der Waals surface area (Å²) < 4.78 is 13.1. The van der Waals surface area contributed by atoms with E-state index in [2.05, 4.69) is 39.1 Å². The fourth-order valence-corrected chi connectivity index (χ4v) is 3.47. The summed E-state index contributed by atoms with van der Waals surface area (Å²) in [7, 11) is 0. The molecule has 2 aromatic rings. The minimum absolute atomic E-state index is 0.262. The summed E-state index contributed by atoms with van der Waals surface area (Å²) >= 11 is 0. The maximum Gasteiger partial charge on any atom is 0.256 e. The first-order chi connectivity index (χ1) is 17.0. The van der Waals surface area contributed by atoms with Crippen molar-refractivity contribution in [1.82, 2.24) is 15.3 Å². The van der Waals surface area contributed by atoms with Crippen LogP contribution in [0, 0.1) is 5.82 Å². The highest BCUT2D eigenvalue weighted by Crippen LogP contribution is 2.16. The molecule has 1 unspecified atom stereocenters. The molecule has 1 amide bonds. The van der Waals surface area contributed by atoms with Crippen LogP contribution < -0.4 is 16.0 Å². The number of amides is 1. The normalized spacial score (nSPS) is 11.5. The van der Waals surface area contributed by atoms with Gasteiger partial charge in [-0.25, -0.2) is 9.37 Å². The lowest BCUT2D eigenvalue weighted by molar-refractivity contribution is 0.0951. The van der Waals surface area contributed by atoms with Crippen LogP contribution in [0.15, 0.2) is 55.8 Å². The highest BCUT2D eigenvalue weighted by molar-refractivity contribution is 5.98. The van der Waals surface area contributed by atoms with E-state index in [1.54, 1.807) is 18.2 Å². The number of carbonyl (C=O) groups excluding carboxylic acids is 1. The van der Waals surface area contributed by atoms with E-state index >= 15 is 0 Å². The lowest BCUT2D eigenvalue weighted by Crippen LogP contribution is -2.25. The summed E-state index contributed by atoms with van der Waals surface area (Å²) in [5.41, 5.74) is 1.12. The number of carbonyl (C=O) groups is 1. The number of aliphatic hydroxyl groups excluding tert-OH is 1. The minimum Gasteiger partial charge on any atom is -0.393 e. The van der Waals surface area contributed by atoms with Crippen LogP contribution in [-0.4, -0.2) is 40.2 Å². The summed E-state index contributed by atoms with van der Waals surface area (Å²) in [6, 6.07) is 5.98. The Labute approximate surface area is 208 Å². The number of hydrogen-bond donors (Lipinski definition) is 4. The van der Waals surface area contributed by atoms with Crippen LogP contribution in [0.4, 0.5) is 16.2 Å². The number of aromatic nitrogens is 2. The van der Waals surface area contributed by atoms with Gasteiger partial charge < -0.3 is 21.1 Å². The van der Waals surface area contributed by atoms with Crippen molar-refractivity contribution in [3.05, 3.63) is 72.7 Å². The molecular weight excluding hydrogens is 445 g/mol. The highest BCUT2D eigenvalue weighted by Gasteiger charge is 2.15. The van der Waals surface area contributed by atoms with Crippen molar-refractivity contribution in [2.75, 3.05) is 23.7 Å². The molecule has 190 valence electrons. The van der Waals surface area contributed by atoms with Gasteiger partial charge in [-0.3, -0.25) is 4.79 Å². The van der Waals surface area contributed by atoms with Crippen LogP contribution in [0.5, 0.6) is 0 Å². The quantitative estimate of drug-likeness (QED) is 0.171. The third kappa shape index (κ3) is 11.1. The molecule has 1 atom stereocenters. The number of benzene rings is 1. The molecule has 0 bridgehead atoms. The zero-order valence-electron chi connectivity index (χ0n) is 20.4. The van der Waals surface area contributed by atoms with Gasteiger partial charge in [0.2, 0.25) is 5.95 Å². The predicted octanol–water partition coefficient (Wildman–Crippen LogP) is 5.22. The zero-order valence-corrected chi connectivity index (χ0v) is 20.4. The molecule has 1 aromatic carbocycles. The number of hydrogen-bond acceptors (Lipinski definition) is 6. The number of halogens is 1. The Morgan fingerprint density at radius 2 is 1.77 bits per heavy atom. The third-order valence-corrected chi connectivity index (χ3v) is 5.46. The Hall–Kier alpha value is -3.26. The first-order valence-corrected chi connectivity index (χ1v) is 12.3. The molecular formula is C27H38FN5O2. The average Bonchev–Trinajstić information content (AvgIpc) is 2.86. The van der Waals surface area contributed by atoms with Crippen LogP contribution in [0.2, 0.25) is 0 Å². The van der Waals surface area contributed by atoms with Gasteiger partial charge in [0.25, 0.3) is 5.91 Å². The van der Waals surface area contributed by atoms with Gasteiger partial charge in [-0.05, 0) is 56.2 Å². The van der Waals surface area contributed by atoms with E-state index in [9.17, 15) is 14.3 Å². The van der Waals surface area contributed by atoms with Crippen molar-refractivity contribution in [2.45, 2.75) is 64.0 Å². The van der Waals surface area contributed by atoms with E-state index < -0.39 is 6.10 Å². The average molecular weight is 484 g/mol. The smallest absolute Gasteiger partial charge is 0.256 e. The van der Waals surface area contributed by atoms with Gasteiger partial charge >= 0.3 is 0 Å². The number of unbranched alkanes of at least 4 members (excludes halogenated alkanes) is 4. The first kappa shape index (κ1) is 28.0. The summed E-state index contributed by atoms with van der Waals surface area (Å²) in [4.78, 5) is 21.7. The van der Waals surface area contributed by atoms with Gasteiger partial charge in [-0.1, -0.05) is 37.1 Å². The first-order valence-electron chi connectivity index (χ1n) is 12.3. The molecule has 0 spiro atoms. The lowest BCUT2D eigenvalue weighted by Gasteiger charge is -2.14. The molecule has 0 aliphatic heterocycles. The van der Waals surface area contributed by atoms with Gasteiger partial charge in [0.05, 0.1) is 6.10 Å². The molecule has 4 N–H and O–H groups in total. The lowest BCUT2D eigenvalue weighted by atomic mass is 10.1. The number of anilines is 2. The monoisotopic (exact) mass is 483 g/mol. The summed E-state index contributed by atoms with van der Waals surface area (Å²) in [5.74, 6) is 0.249. The van der Waals surface area contributed by atoms with Crippen molar-refractivity contribution < 1.29 is 14.3 Å². The van der Waals surface area contributed by atoms with Crippen molar-refractivity contribution in [3.63, 3.8) is 0 Å². The number of rotatable bonds is 18. The van der Waals surface area contributed by atoms with Gasteiger partial charge in [0.1, 0.15) is 17.2 Å². The molecule has 35 heavy (non-hydrogen) atoms. The second kappa shape index (κ2) is 16.4. The second-order valence-electron chi connectivity index (χ2n) is 8.43. The maximum atomic E-state index is 13.1. The van der Waals surface area contributed by atoms with E-state index in [-0.39, 0.29) is 18.3 Å². The van der Waals surface area contributed by atoms with Crippen molar-refractivity contribution in [2.24, 2.45) is 0 Å². The predicted molar refractivity (Wildman–Crippen MR) is 140 cm³/mol. The minimum atomic E-state index is -0.429. The van der Waals surface area contributed by atoms with Crippen LogP contribution >= 0.6 is 0 Å². The summed E-state index contributed by atoms with van der Waals surface area (Å²) in [5, 5.41) is 19.2. The molecule has 0 saturated heterocycles. The molecule has 0 aliphatic rings. The fraction of sp³-hybridized carbons (Fsp3) is 0.444. The van der Waals surface area contributed by atoms with Gasteiger partial charge in [0.15, 0.2) is 0 Å².